The number of carboxylic acid groups (broad SMARTS) is 1. The van der Waals surface area contributed by atoms with Crippen molar-refractivity contribution in [3.8, 4) is 0 Å². The molecule has 3 N–H and O–H groups in total. The lowest BCUT2D eigenvalue weighted by molar-refractivity contribution is -0.152. The molecule has 2 rings (SSSR count). The van der Waals surface area contributed by atoms with Crippen molar-refractivity contribution in [3.05, 3.63) is 0 Å². The third kappa shape index (κ3) is 2.28. The molecule has 0 aromatic rings. The Bertz CT molecular complexity index is 325. The van der Waals surface area contributed by atoms with E-state index in [-0.39, 0.29) is 5.91 Å². The van der Waals surface area contributed by atoms with Gasteiger partial charge in [-0.15, -0.1) is 0 Å². The minimum Gasteiger partial charge on any atom is -0.480 e. The first-order valence-corrected chi connectivity index (χ1v) is 5.95. The summed E-state index contributed by atoms with van der Waals surface area (Å²) >= 11 is 0. The van der Waals surface area contributed by atoms with Crippen LogP contribution in [0.25, 0.3) is 0 Å². The minimum absolute atomic E-state index is 0.231. The minimum atomic E-state index is -0.938. The quantitative estimate of drug-likeness (QED) is 0.685. The van der Waals surface area contributed by atoms with Crippen LogP contribution in [0.1, 0.15) is 25.7 Å². The van der Waals surface area contributed by atoms with Crippen LogP contribution in [-0.2, 0) is 14.3 Å². The fourth-order valence-corrected chi connectivity index (χ4v) is 2.50. The molecule has 96 valence electrons. The van der Waals surface area contributed by atoms with Crippen LogP contribution in [0.3, 0.4) is 0 Å². The molecule has 0 spiro atoms. The van der Waals surface area contributed by atoms with E-state index in [4.69, 9.17) is 15.6 Å². The number of carbonyl (C=O) groups is 2. The predicted octanol–water partition coefficient (Wildman–Crippen LogP) is -0.430. The van der Waals surface area contributed by atoms with Crippen LogP contribution >= 0.6 is 0 Å². The normalized spacial score (nSPS) is 28.1. The molecule has 0 saturated carbocycles. The molecule has 2 fully saturated rings. The molecule has 17 heavy (non-hydrogen) atoms. The Morgan fingerprint density at radius 3 is 2.59 bits per heavy atom. The van der Waals surface area contributed by atoms with Crippen molar-refractivity contribution < 1.29 is 19.4 Å². The largest absolute Gasteiger partial charge is 0.480 e. The highest BCUT2D eigenvalue weighted by Crippen LogP contribution is 2.26. The summed E-state index contributed by atoms with van der Waals surface area (Å²) in [6.45, 7) is 1.43. The van der Waals surface area contributed by atoms with Crippen LogP contribution < -0.4 is 5.73 Å². The summed E-state index contributed by atoms with van der Waals surface area (Å²) in [6, 6.07) is -0.703. The smallest absolute Gasteiger partial charge is 0.326 e. The molecule has 2 aliphatic rings. The molecule has 0 aliphatic carbocycles. The van der Waals surface area contributed by atoms with Gasteiger partial charge in [0, 0.05) is 19.8 Å². The van der Waals surface area contributed by atoms with Gasteiger partial charge in [-0.1, -0.05) is 0 Å². The number of ether oxygens (including phenoxy) is 1. The molecule has 2 heterocycles. The highest BCUT2D eigenvalue weighted by atomic mass is 16.5. The molecule has 2 saturated heterocycles. The van der Waals surface area contributed by atoms with E-state index in [9.17, 15) is 9.59 Å². The Morgan fingerprint density at radius 2 is 2.00 bits per heavy atom. The molecular formula is C11H18N2O4. The van der Waals surface area contributed by atoms with Gasteiger partial charge in [0.2, 0.25) is 5.91 Å². The number of carbonyl (C=O) groups excluding carboxylic acids is 1. The fraction of sp³-hybridized carbons (Fsp3) is 0.818. The molecule has 0 aromatic heterocycles. The zero-order valence-electron chi connectivity index (χ0n) is 9.72. The predicted molar refractivity (Wildman–Crippen MR) is 59.3 cm³/mol. The van der Waals surface area contributed by atoms with E-state index in [1.54, 1.807) is 0 Å². The van der Waals surface area contributed by atoms with Gasteiger partial charge in [0.25, 0.3) is 0 Å². The number of rotatable bonds is 2. The van der Waals surface area contributed by atoms with E-state index in [1.807, 2.05) is 0 Å². The second kappa shape index (κ2) is 4.62. The van der Waals surface area contributed by atoms with Crippen molar-refractivity contribution in [2.45, 2.75) is 37.3 Å². The summed E-state index contributed by atoms with van der Waals surface area (Å²) in [4.78, 5) is 24.8. The average molecular weight is 242 g/mol. The highest BCUT2D eigenvalue weighted by molar-refractivity contribution is 5.90. The lowest BCUT2D eigenvalue weighted by atomic mass is 9.89. The number of amides is 1. The van der Waals surface area contributed by atoms with Crippen LogP contribution in [0.15, 0.2) is 0 Å². The number of nitrogens with two attached hydrogens (primary N) is 1. The summed E-state index contributed by atoms with van der Waals surface area (Å²) in [5.41, 5.74) is 5.15. The van der Waals surface area contributed by atoms with E-state index in [2.05, 4.69) is 0 Å². The van der Waals surface area contributed by atoms with Crippen LogP contribution in [0, 0.1) is 0 Å². The Balaban J connectivity index is 2.10. The molecule has 0 bridgehead atoms. The number of hydrogen-bond acceptors (Lipinski definition) is 4. The number of likely N-dealkylation sites (tertiary alicyclic amines) is 1. The molecule has 2 aliphatic heterocycles. The topological polar surface area (TPSA) is 92.9 Å². The van der Waals surface area contributed by atoms with Crippen molar-refractivity contribution >= 4 is 11.9 Å². The molecule has 0 unspecified atom stereocenters. The van der Waals surface area contributed by atoms with Gasteiger partial charge >= 0.3 is 5.97 Å². The summed E-state index contributed by atoms with van der Waals surface area (Å²) in [6.07, 6.45) is 2.19. The van der Waals surface area contributed by atoms with Gasteiger partial charge < -0.3 is 20.5 Å². The number of aliphatic carboxylic acids is 1. The summed E-state index contributed by atoms with van der Waals surface area (Å²) in [5, 5.41) is 9.06. The van der Waals surface area contributed by atoms with Gasteiger partial charge in [-0.05, 0) is 25.7 Å². The zero-order valence-corrected chi connectivity index (χ0v) is 9.72. The van der Waals surface area contributed by atoms with Crippen LogP contribution in [0.4, 0.5) is 0 Å². The molecule has 0 radical (unpaired) electrons. The van der Waals surface area contributed by atoms with Crippen LogP contribution in [0.5, 0.6) is 0 Å². The van der Waals surface area contributed by atoms with Crippen LogP contribution in [-0.4, -0.2) is 53.2 Å². The van der Waals surface area contributed by atoms with Crippen molar-refractivity contribution in [2.24, 2.45) is 5.73 Å². The van der Waals surface area contributed by atoms with Crippen molar-refractivity contribution in [1.82, 2.24) is 4.90 Å². The van der Waals surface area contributed by atoms with Crippen molar-refractivity contribution in [1.29, 1.82) is 0 Å². The van der Waals surface area contributed by atoms with Gasteiger partial charge in [0.15, 0.2) is 0 Å². The van der Waals surface area contributed by atoms with E-state index in [0.29, 0.717) is 39.0 Å². The second-order valence-corrected chi connectivity index (χ2v) is 4.76. The average Bonchev–Trinajstić information content (AvgIpc) is 2.77. The van der Waals surface area contributed by atoms with Gasteiger partial charge in [-0.3, -0.25) is 4.79 Å². The standard InChI is InChI=1S/C11H18N2O4/c12-11(3-6-17-7-4-11)10(16)13-5-1-2-8(13)9(14)15/h8H,1-7,12H2,(H,14,15)/t8-/m1/s1. The Hall–Kier alpha value is -1.14. The Morgan fingerprint density at radius 1 is 1.35 bits per heavy atom. The van der Waals surface area contributed by atoms with Crippen LogP contribution in [0.2, 0.25) is 0 Å². The van der Waals surface area contributed by atoms with E-state index >= 15 is 0 Å². The maximum Gasteiger partial charge on any atom is 0.326 e. The molecule has 6 nitrogen and oxygen atoms in total. The second-order valence-electron chi connectivity index (χ2n) is 4.76. The molecule has 1 atom stereocenters. The van der Waals surface area contributed by atoms with Gasteiger partial charge in [-0.2, -0.15) is 0 Å². The third-order valence-electron chi connectivity index (χ3n) is 3.61. The summed E-state index contributed by atoms with van der Waals surface area (Å²) in [7, 11) is 0. The van der Waals surface area contributed by atoms with Crippen molar-refractivity contribution in [2.75, 3.05) is 19.8 Å². The zero-order chi connectivity index (χ0) is 12.5. The maximum absolute atomic E-state index is 12.3. The fourth-order valence-electron chi connectivity index (χ4n) is 2.50. The summed E-state index contributed by atoms with van der Waals surface area (Å²) < 4.78 is 5.18. The monoisotopic (exact) mass is 242 g/mol. The summed E-state index contributed by atoms with van der Waals surface area (Å²) in [5.74, 6) is -1.17. The number of nitrogens with zero attached hydrogens (tertiary/aromatic N) is 1. The molecule has 0 aromatic carbocycles. The van der Waals surface area contributed by atoms with Crippen molar-refractivity contribution in [3.63, 3.8) is 0 Å². The Labute approximate surface area is 99.7 Å². The highest BCUT2D eigenvalue weighted by Gasteiger charge is 2.44. The lowest BCUT2D eigenvalue weighted by Crippen LogP contribution is -2.59. The first-order valence-electron chi connectivity index (χ1n) is 5.95. The SMILES string of the molecule is NC1(C(=O)N2CCC[C@@H]2C(=O)O)CCOCC1. The van der Waals surface area contributed by atoms with Gasteiger partial charge in [0.1, 0.15) is 6.04 Å². The third-order valence-corrected chi connectivity index (χ3v) is 3.61. The maximum atomic E-state index is 12.3. The molecule has 1 amide bonds. The molecular weight excluding hydrogens is 224 g/mol. The van der Waals surface area contributed by atoms with E-state index < -0.39 is 17.6 Å². The lowest BCUT2D eigenvalue weighted by Gasteiger charge is -2.36. The van der Waals surface area contributed by atoms with E-state index in [1.165, 1.54) is 4.90 Å². The molecule has 6 heteroatoms. The Kier molecular flexibility index (Phi) is 3.35. The van der Waals surface area contributed by atoms with Gasteiger partial charge in [-0.25, -0.2) is 4.79 Å². The van der Waals surface area contributed by atoms with E-state index in [0.717, 1.165) is 6.42 Å². The number of hydrogen-bond donors (Lipinski definition) is 2. The van der Waals surface area contributed by atoms with Gasteiger partial charge in [0.05, 0.1) is 5.54 Å². The first-order chi connectivity index (χ1) is 8.04. The first kappa shape index (κ1) is 12.3. The number of carboxylic acids is 1.